The summed E-state index contributed by atoms with van der Waals surface area (Å²) in [6, 6.07) is 6.03. The summed E-state index contributed by atoms with van der Waals surface area (Å²) < 4.78 is 5.52. The van der Waals surface area contributed by atoms with Gasteiger partial charge in [-0.15, -0.1) is 10.2 Å². The molecule has 0 radical (unpaired) electrons. The van der Waals surface area contributed by atoms with Gasteiger partial charge in [-0.05, 0) is 70.9 Å². The summed E-state index contributed by atoms with van der Waals surface area (Å²) >= 11 is 0. The number of aryl methyl sites for hydroxylation is 1. The average Bonchev–Trinajstić information content (AvgIpc) is 3.38. The van der Waals surface area contributed by atoms with Gasteiger partial charge in [0.05, 0.1) is 23.1 Å². The van der Waals surface area contributed by atoms with Crippen LogP contribution < -0.4 is 10.2 Å². The number of carbonyl (C=O) groups excluding carboxylic acids is 2. The number of tetrazole rings is 1. The van der Waals surface area contributed by atoms with Crippen LogP contribution in [0.2, 0.25) is 0 Å². The van der Waals surface area contributed by atoms with Gasteiger partial charge in [0.25, 0.3) is 11.7 Å². The van der Waals surface area contributed by atoms with E-state index in [9.17, 15) is 9.59 Å². The molecule has 2 amide bonds. The highest BCUT2D eigenvalue weighted by Crippen LogP contribution is 2.30. The van der Waals surface area contributed by atoms with E-state index in [1.54, 1.807) is 4.90 Å². The van der Waals surface area contributed by atoms with Crippen LogP contribution in [0, 0.1) is 6.92 Å². The zero-order chi connectivity index (χ0) is 28.4. The van der Waals surface area contributed by atoms with Crippen LogP contribution >= 0.6 is 0 Å². The summed E-state index contributed by atoms with van der Waals surface area (Å²) in [5.41, 5.74) is 3.78. The average molecular weight is 536 g/mol. The first-order valence-corrected chi connectivity index (χ1v) is 13.0. The quantitative estimate of drug-likeness (QED) is 0.523. The Labute approximate surface area is 228 Å². The molecule has 1 fully saturated rings. The third kappa shape index (κ3) is 6.87. The maximum Gasteiger partial charge on any atom is 0.410 e. The Balaban J connectivity index is 1.42. The topological polar surface area (TPSA) is 131 Å². The van der Waals surface area contributed by atoms with Gasteiger partial charge in [0, 0.05) is 38.3 Å². The van der Waals surface area contributed by atoms with Gasteiger partial charge in [0.2, 0.25) is 0 Å². The van der Waals surface area contributed by atoms with Crippen molar-refractivity contribution >= 4 is 17.7 Å². The van der Waals surface area contributed by atoms with Gasteiger partial charge in [-0.2, -0.15) is 4.80 Å². The Morgan fingerprint density at radius 1 is 1.05 bits per heavy atom. The fourth-order valence-electron chi connectivity index (χ4n) is 4.12. The Morgan fingerprint density at radius 2 is 1.77 bits per heavy atom. The van der Waals surface area contributed by atoms with Gasteiger partial charge in [-0.3, -0.25) is 4.79 Å². The number of amides is 2. The first kappa shape index (κ1) is 27.9. The van der Waals surface area contributed by atoms with E-state index in [4.69, 9.17) is 4.74 Å². The van der Waals surface area contributed by atoms with E-state index in [1.165, 1.54) is 11.1 Å². The predicted molar refractivity (Wildman–Crippen MR) is 146 cm³/mol. The van der Waals surface area contributed by atoms with Crippen LogP contribution in [0.4, 0.5) is 10.5 Å². The molecule has 4 rings (SSSR count). The molecule has 0 aliphatic carbocycles. The van der Waals surface area contributed by atoms with Crippen molar-refractivity contribution in [3.63, 3.8) is 0 Å². The molecule has 0 atom stereocenters. The highest BCUT2D eigenvalue weighted by atomic mass is 16.6. The second-order valence-corrected chi connectivity index (χ2v) is 11.6. The van der Waals surface area contributed by atoms with Crippen LogP contribution in [0.25, 0.3) is 11.3 Å². The van der Waals surface area contributed by atoms with Crippen molar-refractivity contribution in [2.75, 3.05) is 31.1 Å². The van der Waals surface area contributed by atoms with Crippen LogP contribution in [0.15, 0.2) is 30.7 Å². The molecular weight excluding hydrogens is 498 g/mol. The van der Waals surface area contributed by atoms with Crippen molar-refractivity contribution in [3.8, 4) is 11.3 Å². The van der Waals surface area contributed by atoms with Gasteiger partial charge in [-0.25, -0.2) is 14.8 Å². The number of hydrogen-bond acceptors (Lipinski definition) is 9. The summed E-state index contributed by atoms with van der Waals surface area (Å²) in [5.74, 6) is -0.339. The number of nitrogens with one attached hydrogen (secondary N) is 1. The number of ether oxygens (including phenoxy) is 1. The molecule has 208 valence electrons. The molecule has 1 N–H and O–H groups in total. The van der Waals surface area contributed by atoms with Gasteiger partial charge in [-0.1, -0.05) is 12.1 Å². The van der Waals surface area contributed by atoms with Crippen molar-refractivity contribution < 1.29 is 14.3 Å². The van der Waals surface area contributed by atoms with E-state index in [2.05, 4.69) is 41.7 Å². The van der Waals surface area contributed by atoms with Crippen molar-refractivity contribution in [2.45, 2.75) is 66.2 Å². The number of piperazine rings is 1. The maximum absolute atomic E-state index is 12.6. The Kier molecular flexibility index (Phi) is 7.84. The molecule has 3 heterocycles. The van der Waals surface area contributed by atoms with Crippen molar-refractivity contribution in [1.82, 2.24) is 40.4 Å². The minimum absolute atomic E-state index is 0.0385. The van der Waals surface area contributed by atoms with Crippen molar-refractivity contribution in [3.05, 3.63) is 47.7 Å². The molecule has 1 aliphatic heterocycles. The molecule has 2 aromatic heterocycles. The Bertz CT molecular complexity index is 1330. The van der Waals surface area contributed by atoms with Crippen LogP contribution in [0.5, 0.6) is 0 Å². The number of carbonyl (C=O) groups is 2. The molecular formula is C27H37N9O3. The number of hydrogen-bond donors (Lipinski definition) is 1. The second kappa shape index (κ2) is 11.0. The van der Waals surface area contributed by atoms with Crippen molar-refractivity contribution in [2.24, 2.45) is 0 Å². The molecule has 3 aromatic rings. The Morgan fingerprint density at radius 3 is 2.38 bits per heavy atom. The van der Waals surface area contributed by atoms with Crippen molar-refractivity contribution in [1.29, 1.82) is 0 Å². The lowest BCUT2D eigenvalue weighted by molar-refractivity contribution is 0.0240. The second-order valence-electron chi connectivity index (χ2n) is 11.6. The fraction of sp³-hybridized carbons (Fsp3) is 0.519. The highest BCUT2D eigenvalue weighted by Gasteiger charge is 2.27. The number of nitrogens with zero attached hydrogens (tertiary/aromatic N) is 8. The third-order valence-corrected chi connectivity index (χ3v) is 6.24. The number of aromatic nitrogens is 6. The summed E-state index contributed by atoms with van der Waals surface area (Å²) in [7, 11) is 0. The zero-order valence-corrected chi connectivity index (χ0v) is 23.7. The number of anilines is 1. The van der Waals surface area contributed by atoms with E-state index >= 15 is 0 Å². The lowest BCUT2D eigenvalue weighted by Crippen LogP contribution is -2.50. The molecule has 0 spiro atoms. The maximum atomic E-state index is 12.6. The number of benzene rings is 1. The summed E-state index contributed by atoms with van der Waals surface area (Å²) in [6.45, 7) is 16.2. The highest BCUT2D eigenvalue weighted by molar-refractivity contribution is 5.90. The zero-order valence-electron chi connectivity index (χ0n) is 23.7. The minimum atomic E-state index is -0.523. The molecule has 1 saturated heterocycles. The number of rotatable bonds is 5. The predicted octanol–water partition coefficient (Wildman–Crippen LogP) is 3.18. The molecule has 1 aliphatic rings. The van der Waals surface area contributed by atoms with Gasteiger partial charge in [0.15, 0.2) is 0 Å². The smallest absolute Gasteiger partial charge is 0.410 e. The molecule has 12 nitrogen and oxygen atoms in total. The van der Waals surface area contributed by atoms with Crippen LogP contribution in [0.3, 0.4) is 0 Å². The largest absolute Gasteiger partial charge is 0.444 e. The van der Waals surface area contributed by atoms with Crippen LogP contribution in [-0.2, 0) is 16.8 Å². The summed E-state index contributed by atoms with van der Waals surface area (Å²) in [5, 5.41) is 14.9. The lowest BCUT2D eigenvalue weighted by atomic mass is 10.0. The molecule has 1 aromatic carbocycles. The Hall–Kier alpha value is -4.09. The first-order chi connectivity index (χ1) is 18.3. The summed E-state index contributed by atoms with van der Waals surface area (Å²) in [4.78, 5) is 39.2. The molecule has 12 heteroatoms. The molecule has 39 heavy (non-hydrogen) atoms. The van der Waals surface area contributed by atoms with E-state index in [1.807, 2.05) is 66.8 Å². The normalized spacial score (nSPS) is 14.3. The SMILES string of the molecule is Cc1cc(-c2ncncc2N2CCN(C(=O)OC(C)(C)C)CC2)ccc1CNC(=O)c1nnn(C(C)(C)C)n1. The van der Waals surface area contributed by atoms with Gasteiger partial charge in [0.1, 0.15) is 11.9 Å². The molecule has 0 saturated carbocycles. The molecule has 0 unspecified atom stereocenters. The minimum Gasteiger partial charge on any atom is -0.444 e. The third-order valence-electron chi connectivity index (χ3n) is 6.24. The standard InChI is InChI=1S/C27H37N9O3/c1-18-14-19(8-9-20(18)15-29-24(37)23-31-33-36(32-23)26(2,3)4)22-21(16-28-17-30-22)34-10-12-35(13-11-34)25(38)39-27(5,6)7/h8-9,14,16-17H,10-13,15H2,1-7H3,(H,29,37). The van der Waals surface area contributed by atoms with Crippen LogP contribution in [-0.4, -0.2) is 78.9 Å². The monoisotopic (exact) mass is 535 g/mol. The van der Waals surface area contributed by atoms with E-state index < -0.39 is 5.60 Å². The van der Waals surface area contributed by atoms with E-state index in [-0.39, 0.29) is 23.4 Å². The fourth-order valence-corrected chi connectivity index (χ4v) is 4.12. The molecule has 0 bridgehead atoms. The van der Waals surface area contributed by atoms with Gasteiger partial charge >= 0.3 is 6.09 Å². The summed E-state index contributed by atoms with van der Waals surface area (Å²) in [6.07, 6.45) is 3.06. The lowest BCUT2D eigenvalue weighted by Gasteiger charge is -2.37. The first-order valence-electron chi connectivity index (χ1n) is 13.0. The van der Waals surface area contributed by atoms with Crippen LogP contribution in [0.1, 0.15) is 63.3 Å². The van der Waals surface area contributed by atoms with Gasteiger partial charge < -0.3 is 19.9 Å². The van der Waals surface area contributed by atoms with E-state index in [0.29, 0.717) is 32.7 Å². The van der Waals surface area contributed by atoms with E-state index in [0.717, 1.165) is 28.1 Å².